The van der Waals surface area contributed by atoms with Gasteiger partial charge in [-0.1, -0.05) is 103 Å². The van der Waals surface area contributed by atoms with E-state index in [0.29, 0.717) is 0 Å². The molecule has 0 aliphatic carbocycles. The number of furan rings is 1. The number of para-hydroxylation sites is 2. The lowest BCUT2D eigenvalue weighted by atomic mass is 9.95. The second-order valence-electron chi connectivity index (χ2n) is 9.74. The number of rotatable bonds is 3. The van der Waals surface area contributed by atoms with Gasteiger partial charge in [-0.3, -0.25) is 0 Å². The SMILES string of the molecule is c1ccc(N(c2cccc3ccc4c5ccccc5ccc4c23)c2cccc3oc4ccccc4c23)cc1. The van der Waals surface area contributed by atoms with Crippen molar-refractivity contribution < 1.29 is 4.42 Å². The third kappa shape index (κ3) is 3.07. The van der Waals surface area contributed by atoms with Crippen molar-refractivity contribution in [2.75, 3.05) is 4.90 Å². The Morgan fingerprint density at radius 3 is 1.89 bits per heavy atom. The van der Waals surface area contributed by atoms with Gasteiger partial charge in [-0.2, -0.15) is 0 Å². The molecule has 2 heteroatoms. The number of hydrogen-bond acceptors (Lipinski definition) is 2. The summed E-state index contributed by atoms with van der Waals surface area (Å²) in [5.41, 5.74) is 5.14. The molecule has 0 amide bonds. The molecule has 38 heavy (non-hydrogen) atoms. The van der Waals surface area contributed by atoms with E-state index in [9.17, 15) is 0 Å². The Hall–Kier alpha value is -5.08. The van der Waals surface area contributed by atoms with Crippen molar-refractivity contribution >= 4 is 71.3 Å². The average molecular weight is 486 g/mol. The molecular formula is C36H23NO. The standard InChI is InChI=1S/C36H23NO/c1-2-12-26(13-3-1)37(32-17-9-19-34-36(32)30-15-6-7-18-33(30)38-34)31-16-8-11-25-21-22-28-27-14-5-4-10-24(27)20-23-29(28)35(25)31/h1-23H. The number of benzene rings is 7. The molecule has 0 spiro atoms. The maximum absolute atomic E-state index is 6.29. The summed E-state index contributed by atoms with van der Waals surface area (Å²) in [5.74, 6) is 0. The molecule has 0 radical (unpaired) electrons. The Kier molecular flexibility index (Phi) is 4.55. The molecule has 8 aromatic rings. The second kappa shape index (κ2) is 8.22. The number of hydrogen-bond donors (Lipinski definition) is 0. The maximum Gasteiger partial charge on any atom is 0.137 e. The lowest BCUT2D eigenvalue weighted by Gasteiger charge is -2.28. The predicted octanol–water partition coefficient (Wildman–Crippen LogP) is 10.5. The summed E-state index contributed by atoms with van der Waals surface area (Å²) in [6.45, 7) is 0. The summed E-state index contributed by atoms with van der Waals surface area (Å²) in [6.07, 6.45) is 0. The summed E-state index contributed by atoms with van der Waals surface area (Å²) in [4.78, 5) is 2.39. The van der Waals surface area contributed by atoms with Crippen molar-refractivity contribution in [3.63, 3.8) is 0 Å². The van der Waals surface area contributed by atoms with Gasteiger partial charge >= 0.3 is 0 Å². The van der Waals surface area contributed by atoms with Gasteiger partial charge in [-0.05, 0) is 63.3 Å². The smallest absolute Gasteiger partial charge is 0.137 e. The van der Waals surface area contributed by atoms with E-state index in [-0.39, 0.29) is 0 Å². The van der Waals surface area contributed by atoms with E-state index in [2.05, 4.69) is 132 Å². The quantitative estimate of drug-likeness (QED) is 0.231. The minimum absolute atomic E-state index is 0.890. The molecule has 178 valence electrons. The fraction of sp³-hybridized carbons (Fsp3) is 0. The first-order valence-corrected chi connectivity index (χ1v) is 13.0. The predicted molar refractivity (Wildman–Crippen MR) is 161 cm³/mol. The molecule has 0 aliphatic rings. The zero-order valence-electron chi connectivity index (χ0n) is 20.6. The number of fused-ring (bicyclic) bond motifs is 8. The van der Waals surface area contributed by atoms with Crippen LogP contribution in [0.1, 0.15) is 0 Å². The van der Waals surface area contributed by atoms with Crippen LogP contribution in [0.25, 0.3) is 54.3 Å². The highest BCUT2D eigenvalue weighted by molar-refractivity contribution is 6.22. The molecule has 0 atom stereocenters. The Bertz CT molecular complexity index is 2140. The van der Waals surface area contributed by atoms with Gasteiger partial charge in [0.2, 0.25) is 0 Å². The first-order valence-electron chi connectivity index (χ1n) is 13.0. The van der Waals surface area contributed by atoms with Crippen molar-refractivity contribution in [3.8, 4) is 0 Å². The monoisotopic (exact) mass is 485 g/mol. The number of anilines is 3. The van der Waals surface area contributed by atoms with E-state index in [4.69, 9.17) is 4.42 Å². The Labute approximate surface area is 220 Å². The molecule has 0 saturated heterocycles. The van der Waals surface area contributed by atoms with Gasteiger partial charge in [-0.25, -0.2) is 0 Å². The minimum atomic E-state index is 0.890. The van der Waals surface area contributed by atoms with E-state index in [0.717, 1.165) is 39.0 Å². The van der Waals surface area contributed by atoms with Crippen LogP contribution in [0, 0.1) is 0 Å². The first-order chi connectivity index (χ1) is 18.9. The highest BCUT2D eigenvalue weighted by Crippen LogP contribution is 2.46. The Morgan fingerprint density at radius 1 is 0.368 bits per heavy atom. The molecule has 0 fully saturated rings. The van der Waals surface area contributed by atoms with E-state index >= 15 is 0 Å². The molecule has 0 saturated carbocycles. The Balaban J connectivity index is 1.52. The van der Waals surface area contributed by atoms with Crippen LogP contribution in [-0.2, 0) is 0 Å². The fourth-order valence-corrected chi connectivity index (χ4v) is 5.97. The van der Waals surface area contributed by atoms with Gasteiger partial charge in [0.05, 0.1) is 16.8 Å². The van der Waals surface area contributed by atoms with Gasteiger partial charge < -0.3 is 9.32 Å². The van der Waals surface area contributed by atoms with Crippen LogP contribution < -0.4 is 4.90 Å². The zero-order valence-corrected chi connectivity index (χ0v) is 20.6. The lowest BCUT2D eigenvalue weighted by molar-refractivity contribution is 0.669. The van der Waals surface area contributed by atoms with Crippen LogP contribution in [0.15, 0.2) is 144 Å². The molecule has 1 aromatic heterocycles. The molecule has 2 nitrogen and oxygen atoms in total. The summed E-state index contributed by atoms with van der Waals surface area (Å²) in [5, 5.41) is 9.75. The van der Waals surface area contributed by atoms with Gasteiger partial charge in [0.25, 0.3) is 0 Å². The largest absolute Gasteiger partial charge is 0.456 e. The van der Waals surface area contributed by atoms with Gasteiger partial charge in [0.15, 0.2) is 0 Å². The molecule has 0 bridgehead atoms. The van der Waals surface area contributed by atoms with Gasteiger partial charge in [0.1, 0.15) is 11.2 Å². The van der Waals surface area contributed by atoms with E-state index in [1.54, 1.807) is 0 Å². The van der Waals surface area contributed by atoms with Crippen molar-refractivity contribution in [2.24, 2.45) is 0 Å². The van der Waals surface area contributed by atoms with Crippen LogP contribution in [0.2, 0.25) is 0 Å². The molecule has 8 rings (SSSR count). The molecule has 0 N–H and O–H groups in total. The molecule has 7 aromatic carbocycles. The molecular weight excluding hydrogens is 462 g/mol. The minimum Gasteiger partial charge on any atom is -0.456 e. The van der Waals surface area contributed by atoms with E-state index < -0.39 is 0 Å². The zero-order chi connectivity index (χ0) is 25.1. The summed E-state index contributed by atoms with van der Waals surface area (Å²) >= 11 is 0. The van der Waals surface area contributed by atoms with Crippen molar-refractivity contribution in [3.05, 3.63) is 140 Å². The van der Waals surface area contributed by atoms with Crippen LogP contribution in [0.3, 0.4) is 0 Å². The maximum atomic E-state index is 6.29. The van der Waals surface area contributed by atoms with Gasteiger partial charge in [0, 0.05) is 16.5 Å². The molecule has 1 heterocycles. The third-order valence-electron chi connectivity index (χ3n) is 7.62. The van der Waals surface area contributed by atoms with Crippen molar-refractivity contribution in [1.29, 1.82) is 0 Å². The van der Waals surface area contributed by atoms with Crippen LogP contribution in [0.4, 0.5) is 17.1 Å². The summed E-state index contributed by atoms with van der Waals surface area (Å²) in [7, 11) is 0. The molecule has 0 unspecified atom stereocenters. The summed E-state index contributed by atoms with van der Waals surface area (Å²) < 4.78 is 6.29. The highest BCUT2D eigenvalue weighted by Gasteiger charge is 2.21. The number of nitrogens with zero attached hydrogens (tertiary/aromatic N) is 1. The lowest BCUT2D eigenvalue weighted by Crippen LogP contribution is -2.11. The Morgan fingerprint density at radius 2 is 1.00 bits per heavy atom. The van der Waals surface area contributed by atoms with Crippen LogP contribution in [0.5, 0.6) is 0 Å². The fourth-order valence-electron chi connectivity index (χ4n) is 5.97. The van der Waals surface area contributed by atoms with E-state index in [1.807, 2.05) is 12.1 Å². The van der Waals surface area contributed by atoms with Crippen molar-refractivity contribution in [1.82, 2.24) is 0 Å². The third-order valence-corrected chi connectivity index (χ3v) is 7.62. The van der Waals surface area contributed by atoms with E-state index in [1.165, 1.54) is 32.3 Å². The van der Waals surface area contributed by atoms with Crippen molar-refractivity contribution in [2.45, 2.75) is 0 Å². The average Bonchev–Trinajstić information content (AvgIpc) is 3.37. The summed E-state index contributed by atoms with van der Waals surface area (Å²) in [6, 6.07) is 49.6. The first kappa shape index (κ1) is 21.0. The van der Waals surface area contributed by atoms with Crippen LogP contribution in [-0.4, -0.2) is 0 Å². The molecule has 0 aliphatic heterocycles. The highest BCUT2D eigenvalue weighted by atomic mass is 16.3. The second-order valence-corrected chi connectivity index (χ2v) is 9.74. The normalized spacial score (nSPS) is 11.7. The topological polar surface area (TPSA) is 16.4 Å². The van der Waals surface area contributed by atoms with Gasteiger partial charge in [-0.15, -0.1) is 0 Å². The van der Waals surface area contributed by atoms with Crippen LogP contribution >= 0.6 is 0 Å².